The quantitative estimate of drug-likeness (QED) is 0.483. The summed E-state index contributed by atoms with van der Waals surface area (Å²) in [5.74, 6) is -0.361. The Labute approximate surface area is 160 Å². The van der Waals surface area contributed by atoms with E-state index in [0.717, 1.165) is 35.7 Å². The molecule has 0 atom stereocenters. The molecule has 3 aromatic rings. The first-order valence-electron chi connectivity index (χ1n) is 6.82. The van der Waals surface area contributed by atoms with Crippen molar-refractivity contribution >= 4 is 62.1 Å². The van der Waals surface area contributed by atoms with E-state index >= 15 is 0 Å². The minimum absolute atomic E-state index is 0.336. The maximum absolute atomic E-state index is 10.7. The van der Waals surface area contributed by atoms with Crippen LogP contribution in [0.1, 0.15) is 11.1 Å². The number of ether oxygens (including phenoxy) is 1. The number of carbonyl (C=O) groups is 1. The first kappa shape index (κ1) is 16.6. The van der Waals surface area contributed by atoms with Gasteiger partial charge < -0.3 is 14.3 Å². The molecular formula is C17H12I2O4. The van der Waals surface area contributed by atoms with Gasteiger partial charge in [-0.1, -0.05) is 18.2 Å². The lowest BCUT2D eigenvalue weighted by Crippen LogP contribution is -2.11. The largest absolute Gasteiger partial charge is 0.480 e. The highest BCUT2D eigenvalue weighted by Crippen LogP contribution is 2.31. The number of carboxylic acid groups (broad SMARTS) is 1. The summed E-state index contributed by atoms with van der Waals surface area (Å²) in [6.07, 6.45) is 2.54. The first-order chi connectivity index (χ1) is 11.0. The second kappa shape index (κ2) is 7.08. The maximum atomic E-state index is 10.7. The van der Waals surface area contributed by atoms with E-state index in [1.807, 2.05) is 30.3 Å². The zero-order valence-corrected chi connectivity index (χ0v) is 16.2. The second-order valence-electron chi connectivity index (χ2n) is 5.00. The molecule has 0 saturated heterocycles. The number of rotatable bonds is 5. The Kier molecular flexibility index (Phi) is 5.10. The normalized spacial score (nSPS) is 10.9. The van der Waals surface area contributed by atoms with Crippen LogP contribution in [0.2, 0.25) is 0 Å². The molecule has 0 fully saturated rings. The van der Waals surface area contributed by atoms with Crippen LogP contribution in [0.4, 0.5) is 0 Å². The standard InChI is InChI=1S/C17H12I2O4/c18-13-6-10(7-14(19)17(13)23-9-16(20)21)5-11-8-22-15-4-2-1-3-12(11)15/h1-4,6-8H,5,9H2,(H,20,21). The van der Waals surface area contributed by atoms with Crippen LogP contribution in [-0.2, 0) is 11.2 Å². The van der Waals surface area contributed by atoms with Gasteiger partial charge in [-0.25, -0.2) is 4.79 Å². The van der Waals surface area contributed by atoms with E-state index in [1.165, 1.54) is 0 Å². The Morgan fingerprint density at radius 2 is 1.87 bits per heavy atom. The number of furan rings is 1. The molecule has 4 nitrogen and oxygen atoms in total. The summed E-state index contributed by atoms with van der Waals surface area (Å²) in [5.41, 5.74) is 3.15. The van der Waals surface area contributed by atoms with Crippen LogP contribution in [0.5, 0.6) is 5.75 Å². The summed E-state index contributed by atoms with van der Waals surface area (Å²) >= 11 is 4.34. The van der Waals surface area contributed by atoms with Crippen LogP contribution >= 0.6 is 45.2 Å². The molecule has 0 spiro atoms. The lowest BCUT2D eigenvalue weighted by Gasteiger charge is -2.11. The topological polar surface area (TPSA) is 59.7 Å². The summed E-state index contributed by atoms with van der Waals surface area (Å²) in [5, 5.41) is 9.86. The zero-order chi connectivity index (χ0) is 16.4. The SMILES string of the molecule is O=C(O)COc1c(I)cc(Cc2coc3ccccc23)cc1I. The van der Waals surface area contributed by atoms with Gasteiger partial charge in [-0.15, -0.1) is 0 Å². The van der Waals surface area contributed by atoms with Crippen LogP contribution in [0.15, 0.2) is 47.1 Å². The Morgan fingerprint density at radius 3 is 2.57 bits per heavy atom. The van der Waals surface area contributed by atoms with Gasteiger partial charge in [0.2, 0.25) is 0 Å². The Balaban J connectivity index is 1.88. The average molecular weight is 534 g/mol. The highest BCUT2D eigenvalue weighted by Gasteiger charge is 2.12. The van der Waals surface area contributed by atoms with E-state index in [1.54, 1.807) is 6.26 Å². The van der Waals surface area contributed by atoms with Crippen molar-refractivity contribution in [1.29, 1.82) is 0 Å². The number of halogens is 2. The molecule has 6 heteroatoms. The fourth-order valence-corrected chi connectivity index (χ4v) is 4.58. The summed E-state index contributed by atoms with van der Waals surface area (Å²) < 4.78 is 12.7. The number of hydrogen-bond acceptors (Lipinski definition) is 3. The molecule has 0 saturated carbocycles. The molecule has 1 heterocycles. The van der Waals surface area contributed by atoms with Gasteiger partial charge in [-0.2, -0.15) is 0 Å². The van der Waals surface area contributed by atoms with Gasteiger partial charge in [0.1, 0.15) is 11.3 Å². The Bertz CT molecular complexity index is 847. The van der Waals surface area contributed by atoms with Crippen molar-refractivity contribution < 1.29 is 19.1 Å². The predicted molar refractivity (Wildman–Crippen MR) is 104 cm³/mol. The highest BCUT2D eigenvalue weighted by molar-refractivity contribution is 14.1. The smallest absolute Gasteiger partial charge is 0.341 e. The van der Waals surface area contributed by atoms with Crippen LogP contribution in [0, 0.1) is 7.14 Å². The molecule has 0 aliphatic rings. The van der Waals surface area contributed by atoms with Gasteiger partial charge >= 0.3 is 5.97 Å². The molecule has 0 amide bonds. The summed E-state index contributed by atoms with van der Waals surface area (Å²) in [4.78, 5) is 10.7. The molecule has 1 N–H and O–H groups in total. The number of hydrogen-bond donors (Lipinski definition) is 1. The number of benzene rings is 2. The number of para-hydroxylation sites is 1. The van der Waals surface area contributed by atoms with E-state index in [0.29, 0.717) is 5.75 Å². The molecule has 0 unspecified atom stereocenters. The van der Waals surface area contributed by atoms with E-state index in [4.69, 9.17) is 14.3 Å². The summed E-state index contributed by atoms with van der Waals surface area (Å²) in [6, 6.07) is 12.0. The van der Waals surface area contributed by atoms with Crippen LogP contribution in [-0.4, -0.2) is 17.7 Å². The molecule has 3 rings (SSSR count). The number of fused-ring (bicyclic) bond motifs is 1. The Hall–Kier alpha value is -1.29. The van der Waals surface area contributed by atoms with Gasteiger partial charge in [0.15, 0.2) is 6.61 Å². The van der Waals surface area contributed by atoms with Crippen molar-refractivity contribution in [1.82, 2.24) is 0 Å². The van der Waals surface area contributed by atoms with Crippen LogP contribution in [0.3, 0.4) is 0 Å². The van der Waals surface area contributed by atoms with Gasteiger partial charge in [0.05, 0.1) is 13.4 Å². The first-order valence-corrected chi connectivity index (χ1v) is 8.98. The highest BCUT2D eigenvalue weighted by atomic mass is 127. The molecule has 0 aliphatic heterocycles. The van der Waals surface area contributed by atoms with Gasteiger partial charge in [0, 0.05) is 17.4 Å². The molecule has 118 valence electrons. The molecule has 0 bridgehead atoms. The summed E-state index contributed by atoms with van der Waals surface area (Å²) in [7, 11) is 0. The zero-order valence-electron chi connectivity index (χ0n) is 11.9. The fraction of sp³-hybridized carbons (Fsp3) is 0.118. The third-order valence-corrected chi connectivity index (χ3v) is 4.96. The average Bonchev–Trinajstić information content (AvgIpc) is 2.89. The lowest BCUT2D eigenvalue weighted by molar-refractivity contribution is -0.139. The molecule has 1 aromatic heterocycles. The van der Waals surface area contributed by atoms with E-state index in [2.05, 4.69) is 51.2 Å². The molecule has 2 aromatic carbocycles. The van der Waals surface area contributed by atoms with Gasteiger partial charge in [-0.3, -0.25) is 0 Å². The lowest BCUT2D eigenvalue weighted by atomic mass is 10.0. The summed E-state index contributed by atoms with van der Waals surface area (Å²) in [6.45, 7) is -0.336. The second-order valence-corrected chi connectivity index (χ2v) is 7.33. The van der Waals surface area contributed by atoms with Crippen LogP contribution in [0.25, 0.3) is 11.0 Å². The monoisotopic (exact) mass is 534 g/mol. The molecule has 0 radical (unpaired) electrons. The van der Waals surface area contributed by atoms with Crippen molar-refractivity contribution in [2.24, 2.45) is 0 Å². The van der Waals surface area contributed by atoms with Gasteiger partial charge in [-0.05, 0) is 68.9 Å². The van der Waals surface area contributed by atoms with E-state index in [9.17, 15) is 4.79 Å². The van der Waals surface area contributed by atoms with Crippen molar-refractivity contribution in [3.05, 3.63) is 60.9 Å². The minimum Gasteiger partial charge on any atom is -0.480 e. The van der Waals surface area contributed by atoms with Gasteiger partial charge in [0.25, 0.3) is 0 Å². The molecule has 23 heavy (non-hydrogen) atoms. The predicted octanol–water partition coefficient (Wildman–Crippen LogP) is 4.70. The molecule has 0 aliphatic carbocycles. The van der Waals surface area contributed by atoms with E-state index in [-0.39, 0.29) is 6.61 Å². The van der Waals surface area contributed by atoms with E-state index < -0.39 is 5.97 Å². The van der Waals surface area contributed by atoms with Crippen LogP contribution < -0.4 is 4.74 Å². The Morgan fingerprint density at radius 1 is 1.17 bits per heavy atom. The third kappa shape index (κ3) is 3.79. The fourth-order valence-electron chi connectivity index (χ4n) is 2.38. The number of carboxylic acids is 1. The third-order valence-electron chi connectivity index (χ3n) is 3.35. The maximum Gasteiger partial charge on any atom is 0.341 e. The van der Waals surface area contributed by atoms with Crippen molar-refractivity contribution in [2.45, 2.75) is 6.42 Å². The van der Waals surface area contributed by atoms with Crippen molar-refractivity contribution in [2.75, 3.05) is 6.61 Å². The van der Waals surface area contributed by atoms with Crippen molar-refractivity contribution in [3.63, 3.8) is 0 Å². The molecular weight excluding hydrogens is 522 g/mol. The minimum atomic E-state index is -0.981. The number of aliphatic carboxylic acids is 1. The van der Waals surface area contributed by atoms with Crippen molar-refractivity contribution in [3.8, 4) is 5.75 Å².